The molecule has 0 aliphatic carbocycles. The molecule has 0 atom stereocenters. The molecule has 1 fully saturated rings. The number of hydrogen-bond acceptors (Lipinski definition) is 2. The molecule has 0 radical (unpaired) electrons. The third-order valence-electron chi connectivity index (χ3n) is 6.24. The van der Waals surface area contributed by atoms with Crippen LogP contribution in [0, 0.1) is 5.92 Å². The Hall–Kier alpha value is -2.60. The summed E-state index contributed by atoms with van der Waals surface area (Å²) in [4.78, 5) is 14.3. The van der Waals surface area contributed by atoms with Gasteiger partial charge in [0.15, 0.2) is 0 Å². The highest BCUT2D eigenvalue weighted by atomic mass is 19.4. The van der Waals surface area contributed by atoms with Crippen LogP contribution in [0.5, 0.6) is 0 Å². The number of carbonyl (C=O) groups is 1. The van der Waals surface area contributed by atoms with Crippen LogP contribution >= 0.6 is 0 Å². The number of para-hydroxylation sites is 1. The van der Waals surface area contributed by atoms with E-state index in [9.17, 15) is 18.0 Å². The summed E-state index contributed by atoms with van der Waals surface area (Å²) in [5.74, 6) is -1.06. The van der Waals surface area contributed by atoms with Gasteiger partial charge in [-0.3, -0.25) is 4.79 Å². The average Bonchev–Trinajstić information content (AvgIpc) is 3.13. The van der Waals surface area contributed by atoms with Crippen molar-refractivity contribution in [2.24, 2.45) is 5.92 Å². The number of alkyl halides is 3. The van der Waals surface area contributed by atoms with Gasteiger partial charge in [0.25, 0.3) is 5.78 Å². The van der Waals surface area contributed by atoms with Crippen LogP contribution in [0.3, 0.4) is 0 Å². The monoisotopic (exact) mass is 428 g/mol. The predicted octanol–water partition coefficient (Wildman–Crippen LogP) is 5.73. The number of carbonyl (C=O) groups excluding carboxylic acids is 1. The molecule has 1 aliphatic heterocycles. The van der Waals surface area contributed by atoms with Gasteiger partial charge in [-0.15, -0.1) is 0 Å². The van der Waals surface area contributed by atoms with Crippen LogP contribution in [0.4, 0.5) is 13.2 Å². The molecule has 164 valence electrons. The van der Waals surface area contributed by atoms with Crippen molar-refractivity contribution in [2.75, 3.05) is 19.6 Å². The number of fused-ring (bicyclic) bond motifs is 1. The molecule has 0 unspecified atom stereocenters. The number of piperidine rings is 1. The van der Waals surface area contributed by atoms with Crippen molar-refractivity contribution in [1.82, 2.24) is 9.47 Å². The molecule has 31 heavy (non-hydrogen) atoms. The topological polar surface area (TPSA) is 25.2 Å². The number of ketones is 1. The lowest BCUT2D eigenvalue weighted by Gasteiger charge is -2.32. The molecule has 3 nitrogen and oxygen atoms in total. The van der Waals surface area contributed by atoms with Crippen molar-refractivity contribution in [3.05, 3.63) is 71.9 Å². The minimum atomic E-state index is -4.86. The van der Waals surface area contributed by atoms with E-state index in [0.717, 1.165) is 32.5 Å². The number of Topliss-reactive ketones (excluding diaryl/α,β-unsaturated/α-hetero) is 1. The van der Waals surface area contributed by atoms with E-state index in [1.165, 1.54) is 24.6 Å². The maximum Gasteiger partial charge on any atom is 0.454 e. The van der Waals surface area contributed by atoms with E-state index < -0.39 is 12.0 Å². The maximum absolute atomic E-state index is 13.0. The number of aryl methyl sites for hydroxylation is 1. The molecule has 1 aromatic heterocycles. The second kappa shape index (κ2) is 9.27. The van der Waals surface area contributed by atoms with Gasteiger partial charge in [-0.2, -0.15) is 13.2 Å². The Morgan fingerprint density at radius 3 is 2.32 bits per heavy atom. The van der Waals surface area contributed by atoms with Crippen LogP contribution in [0.2, 0.25) is 0 Å². The smallest absolute Gasteiger partial charge is 0.347 e. The number of halogens is 3. The first kappa shape index (κ1) is 21.6. The third-order valence-corrected chi connectivity index (χ3v) is 6.24. The molecular weight excluding hydrogens is 401 g/mol. The van der Waals surface area contributed by atoms with Crippen LogP contribution in [-0.4, -0.2) is 41.1 Å². The van der Waals surface area contributed by atoms with Crippen molar-refractivity contribution in [3.8, 4) is 0 Å². The number of benzene rings is 2. The quantitative estimate of drug-likeness (QED) is 0.449. The van der Waals surface area contributed by atoms with Gasteiger partial charge in [0, 0.05) is 23.6 Å². The summed E-state index contributed by atoms with van der Waals surface area (Å²) in [6.07, 6.45) is 0.810. The first-order chi connectivity index (χ1) is 14.9. The van der Waals surface area contributed by atoms with E-state index in [4.69, 9.17) is 0 Å². The molecule has 0 amide bonds. The summed E-state index contributed by atoms with van der Waals surface area (Å²) in [6.45, 7) is 3.62. The highest BCUT2D eigenvalue weighted by molar-refractivity contribution is 6.10. The Kier molecular flexibility index (Phi) is 6.46. The number of rotatable bonds is 7. The van der Waals surface area contributed by atoms with E-state index in [1.807, 2.05) is 6.07 Å². The van der Waals surface area contributed by atoms with Crippen LogP contribution in [-0.2, 0) is 13.0 Å². The summed E-state index contributed by atoms with van der Waals surface area (Å²) in [5.41, 5.74) is 1.81. The van der Waals surface area contributed by atoms with E-state index >= 15 is 0 Å². The number of nitrogens with zero attached hydrogens (tertiary/aromatic N) is 2. The van der Waals surface area contributed by atoms with Crippen molar-refractivity contribution < 1.29 is 18.0 Å². The van der Waals surface area contributed by atoms with Gasteiger partial charge in [0.2, 0.25) is 0 Å². The first-order valence-corrected chi connectivity index (χ1v) is 10.9. The summed E-state index contributed by atoms with van der Waals surface area (Å²) >= 11 is 0. The minimum Gasteiger partial charge on any atom is -0.347 e. The Balaban J connectivity index is 1.32. The molecule has 2 aromatic carbocycles. The zero-order chi connectivity index (χ0) is 21.8. The summed E-state index contributed by atoms with van der Waals surface area (Å²) < 4.78 is 40.7. The highest BCUT2D eigenvalue weighted by Gasteiger charge is 2.40. The van der Waals surface area contributed by atoms with Crippen molar-refractivity contribution in [1.29, 1.82) is 0 Å². The van der Waals surface area contributed by atoms with E-state index in [2.05, 4.69) is 29.2 Å². The second-order valence-corrected chi connectivity index (χ2v) is 8.41. The molecule has 6 heteroatoms. The second-order valence-electron chi connectivity index (χ2n) is 8.41. The SMILES string of the molecule is O=C(c1cn(CCCN2CCC(Cc3ccccc3)CC2)c2ccccc12)C(F)(F)F. The Bertz CT molecular complexity index is 1020. The van der Waals surface area contributed by atoms with Crippen molar-refractivity contribution in [2.45, 2.75) is 38.4 Å². The van der Waals surface area contributed by atoms with Crippen LogP contribution in [0.25, 0.3) is 10.9 Å². The maximum atomic E-state index is 13.0. The fraction of sp³-hybridized carbons (Fsp3) is 0.400. The first-order valence-electron chi connectivity index (χ1n) is 10.9. The Morgan fingerprint density at radius 1 is 0.935 bits per heavy atom. The summed E-state index contributed by atoms with van der Waals surface area (Å²) in [7, 11) is 0. The zero-order valence-corrected chi connectivity index (χ0v) is 17.4. The van der Waals surface area contributed by atoms with Gasteiger partial charge >= 0.3 is 6.18 Å². The lowest BCUT2D eigenvalue weighted by Crippen LogP contribution is -2.35. The Morgan fingerprint density at radius 2 is 1.61 bits per heavy atom. The van der Waals surface area contributed by atoms with Gasteiger partial charge in [-0.05, 0) is 62.9 Å². The lowest BCUT2D eigenvalue weighted by atomic mass is 9.90. The molecule has 1 saturated heterocycles. The third kappa shape index (κ3) is 5.18. The largest absolute Gasteiger partial charge is 0.454 e. The molecule has 2 heterocycles. The van der Waals surface area contributed by atoms with Crippen LogP contribution < -0.4 is 0 Å². The predicted molar refractivity (Wildman–Crippen MR) is 116 cm³/mol. The zero-order valence-electron chi connectivity index (χ0n) is 17.4. The van der Waals surface area contributed by atoms with Gasteiger partial charge in [0.1, 0.15) is 0 Å². The van der Waals surface area contributed by atoms with Gasteiger partial charge in [0.05, 0.1) is 5.56 Å². The van der Waals surface area contributed by atoms with Gasteiger partial charge < -0.3 is 9.47 Å². The van der Waals surface area contributed by atoms with Gasteiger partial charge in [-0.1, -0.05) is 48.5 Å². The molecule has 1 aliphatic rings. The lowest BCUT2D eigenvalue weighted by molar-refractivity contribution is -0.0884. The standard InChI is InChI=1S/C25H27F3N2O/c26-25(27,28)24(31)22-18-30(23-10-5-4-9-21(22)23)14-6-13-29-15-11-20(12-16-29)17-19-7-2-1-3-8-19/h1-5,7-10,18,20H,6,11-17H2. The number of likely N-dealkylation sites (tertiary alicyclic amines) is 1. The molecule has 0 spiro atoms. The molecule has 0 bridgehead atoms. The molecule has 3 aromatic rings. The van der Waals surface area contributed by atoms with E-state index in [-0.39, 0.29) is 5.56 Å². The van der Waals surface area contributed by atoms with Crippen molar-refractivity contribution >= 4 is 16.7 Å². The molecular formula is C25H27F3N2O. The fourth-order valence-electron chi connectivity index (χ4n) is 4.59. The summed E-state index contributed by atoms with van der Waals surface area (Å²) in [5, 5.41) is 0.367. The average molecular weight is 428 g/mol. The van der Waals surface area contributed by atoms with Crippen molar-refractivity contribution in [3.63, 3.8) is 0 Å². The summed E-state index contributed by atoms with van der Waals surface area (Å²) in [6, 6.07) is 17.4. The van der Waals surface area contributed by atoms with Gasteiger partial charge in [-0.25, -0.2) is 0 Å². The minimum absolute atomic E-state index is 0.259. The number of hydrogen-bond donors (Lipinski definition) is 0. The fourth-order valence-corrected chi connectivity index (χ4v) is 4.59. The normalized spacial score (nSPS) is 16.1. The van der Waals surface area contributed by atoms with E-state index in [1.54, 1.807) is 28.8 Å². The Labute approximate surface area is 180 Å². The number of aromatic nitrogens is 1. The highest BCUT2D eigenvalue weighted by Crippen LogP contribution is 2.29. The van der Waals surface area contributed by atoms with E-state index in [0.29, 0.717) is 23.4 Å². The molecule has 4 rings (SSSR count). The van der Waals surface area contributed by atoms with Crippen LogP contribution in [0.15, 0.2) is 60.8 Å². The van der Waals surface area contributed by atoms with Crippen LogP contribution in [0.1, 0.15) is 35.2 Å². The molecule has 0 saturated carbocycles. The molecule has 0 N–H and O–H groups in total.